The van der Waals surface area contributed by atoms with Crippen LogP contribution in [0.2, 0.25) is 0 Å². The molecule has 1 saturated carbocycles. The maximum atomic E-state index is 12.3. The first-order valence-electron chi connectivity index (χ1n) is 7.27. The van der Waals surface area contributed by atoms with Gasteiger partial charge in [-0.15, -0.1) is 11.8 Å². The molecule has 1 aromatic rings. The van der Waals surface area contributed by atoms with E-state index >= 15 is 0 Å². The van der Waals surface area contributed by atoms with Gasteiger partial charge in [-0.1, -0.05) is 24.1 Å². The molecular formula is C16H22O3S2. The Kier molecular flexibility index (Phi) is 5.49. The number of sulfone groups is 1. The molecule has 5 heteroatoms. The molecule has 2 unspecified atom stereocenters. The van der Waals surface area contributed by atoms with Crippen molar-refractivity contribution in [2.75, 3.05) is 12.0 Å². The summed E-state index contributed by atoms with van der Waals surface area (Å²) in [5.41, 5.74) is 1.18. The molecule has 0 aliphatic heterocycles. The first kappa shape index (κ1) is 16.6. The highest BCUT2D eigenvalue weighted by Crippen LogP contribution is 2.30. The molecule has 1 aliphatic carbocycles. The molecule has 0 radical (unpaired) electrons. The van der Waals surface area contributed by atoms with Crippen LogP contribution in [0.15, 0.2) is 29.2 Å². The molecule has 0 heterocycles. The number of hydrogen-bond acceptors (Lipinski definition) is 4. The van der Waals surface area contributed by atoms with Crippen molar-refractivity contribution in [2.45, 2.75) is 42.8 Å². The number of aryl methyl sites for hydroxylation is 1. The van der Waals surface area contributed by atoms with Gasteiger partial charge in [0, 0.05) is 17.1 Å². The van der Waals surface area contributed by atoms with Gasteiger partial charge < -0.3 is 0 Å². The lowest BCUT2D eigenvalue weighted by Gasteiger charge is -2.26. The van der Waals surface area contributed by atoms with Gasteiger partial charge in [-0.25, -0.2) is 8.42 Å². The highest BCUT2D eigenvalue weighted by Gasteiger charge is 2.32. The second kappa shape index (κ2) is 6.97. The number of Topliss-reactive ketones (excluding diaryl/α,β-unsaturated/α-hetero) is 1. The minimum Gasteiger partial charge on any atom is -0.298 e. The molecule has 2 rings (SSSR count). The fourth-order valence-electron chi connectivity index (χ4n) is 2.80. The summed E-state index contributed by atoms with van der Waals surface area (Å²) in [7, 11) is -3.02. The fourth-order valence-corrected chi connectivity index (χ4v) is 4.97. The van der Waals surface area contributed by atoms with E-state index in [2.05, 4.69) is 6.07 Å². The molecule has 0 aromatic heterocycles. The van der Waals surface area contributed by atoms with Gasteiger partial charge in [0.15, 0.2) is 0 Å². The Morgan fingerprint density at radius 3 is 2.76 bits per heavy atom. The molecule has 0 amide bonds. The standard InChI is InChI=1S/C16H22O3S2/c1-12-5-3-7-14(9-12)20-11-16(17)13-6-4-8-15(10-13)21(2,18)19/h3,5,7,9,13,15H,4,6,8,10-11H2,1-2H3. The summed E-state index contributed by atoms with van der Waals surface area (Å²) >= 11 is 1.55. The Morgan fingerprint density at radius 2 is 2.10 bits per heavy atom. The Hall–Kier alpha value is -0.810. The van der Waals surface area contributed by atoms with Crippen LogP contribution in [0.4, 0.5) is 0 Å². The monoisotopic (exact) mass is 326 g/mol. The van der Waals surface area contributed by atoms with Gasteiger partial charge in [0.2, 0.25) is 0 Å². The van der Waals surface area contributed by atoms with E-state index in [0.29, 0.717) is 18.6 Å². The highest BCUT2D eigenvalue weighted by atomic mass is 32.2. The van der Waals surface area contributed by atoms with Crippen LogP contribution in [0.3, 0.4) is 0 Å². The molecular weight excluding hydrogens is 304 g/mol. The van der Waals surface area contributed by atoms with Crippen LogP contribution in [0.5, 0.6) is 0 Å². The Balaban J connectivity index is 1.91. The van der Waals surface area contributed by atoms with Crippen LogP contribution in [0, 0.1) is 12.8 Å². The van der Waals surface area contributed by atoms with Crippen molar-refractivity contribution in [3.8, 4) is 0 Å². The van der Waals surface area contributed by atoms with Crippen molar-refractivity contribution in [1.29, 1.82) is 0 Å². The van der Waals surface area contributed by atoms with Crippen LogP contribution < -0.4 is 0 Å². The van der Waals surface area contributed by atoms with E-state index in [1.807, 2.05) is 25.1 Å². The molecule has 21 heavy (non-hydrogen) atoms. The fraction of sp³-hybridized carbons (Fsp3) is 0.562. The number of carbonyl (C=O) groups excluding carboxylic acids is 1. The average molecular weight is 326 g/mol. The van der Waals surface area contributed by atoms with Gasteiger partial charge in [-0.3, -0.25) is 4.79 Å². The number of rotatable bonds is 5. The molecule has 1 aromatic carbocycles. The SMILES string of the molecule is Cc1cccc(SCC(=O)C2CCCC(S(C)(=O)=O)C2)c1. The van der Waals surface area contributed by atoms with E-state index in [4.69, 9.17) is 0 Å². The van der Waals surface area contributed by atoms with E-state index in [-0.39, 0.29) is 17.0 Å². The van der Waals surface area contributed by atoms with E-state index in [9.17, 15) is 13.2 Å². The van der Waals surface area contributed by atoms with Gasteiger partial charge in [0.05, 0.1) is 11.0 Å². The van der Waals surface area contributed by atoms with Gasteiger partial charge >= 0.3 is 0 Å². The minimum absolute atomic E-state index is 0.0872. The predicted molar refractivity (Wildman–Crippen MR) is 87.5 cm³/mol. The number of ketones is 1. The Morgan fingerprint density at radius 1 is 1.33 bits per heavy atom. The smallest absolute Gasteiger partial charge is 0.150 e. The van der Waals surface area contributed by atoms with E-state index in [1.54, 1.807) is 11.8 Å². The van der Waals surface area contributed by atoms with Crippen molar-refractivity contribution < 1.29 is 13.2 Å². The molecule has 116 valence electrons. The highest BCUT2D eigenvalue weighted by molar-refractivity contribution is 8.00. The van der Waals surface area contributed by atoms with Crippen molar-refractivity contribution >= 4 is 27.4 Å². The lowest BCUT2D eigenvalue weighted by atomic mass is 9.86. The second-order valence-corrected chi connectivity index (χ2v) is 9.26. The summed E-state index contributed by atoms with van der Waals surface area (Å²) in [4.78, 5) is 13.4. The van der Waals surface area contributed by atoms with Crippen molar-refractivity contribution in [1.82, 2.24) is 0 Å². The Bertz CT molecular complexity index is 608. The van der Waals surface area contributed by atoms with E-state index < -0.39 is 9.84 Å². The zero-order valence-electron chi connectivity index (χ0n) is 12.5. The van der Waals surface area contributed by atoms with Crippen molar-refractivity contribution in [2.24, 2.45) is 5.92 Å². The molecule has 1 fully saturated rings. The number of hydrogen-bond donors (Lipinski definition) is 0. The first-order valence-corrected chi connectivity index (χ1v) is 10.2. The largest absolute Gasteiger partial charge is 0.298 e. The lowest BCUT2D eigenvalue weighted by Crippen LogP contribution is -2.31. The summed E-state index contributed by atoms with van der Waals surface area (Å²) in [5.74, 6) is 0.538. The van der Waals surface area contributed by atoms with E-state index in [0.717, 1.165) is 17.7 Å². The molecule has 3 nitrogen and oxygen atoms in total. The molecule has 1 aliphatic rings. The molecule has 0 spiro atoms. The maximum absolute atomic E-state index is 12.3. The first-order chi connectivity index (χ1) is 9.86. The van der Waals surface area contributed by atoms with Crippen molar-refractivity contribution in [3.05, 3.63) is 29.8 Å². The molecule has 0 N–H and O–H groups in total. The lowest BCUT2D eigenvalue weighted by molar-refractivity contribution is -0.121. The maximum Gasteiger partial charge on any atom is 0.150 e. The summed E-state index contributed by atoms with van der Waals surface area (Å²) < 4.78 is 23.3. The number of thioether (sulfide) groups is 1. The summed E-state index contributed by atoms with van der Waals surface area (Å²) in [6, 6.07) is 8.09. The minimum atomic E-state index is -3.02. The van der Waals surface area contributed by atoms with E-state index in [1.165, 1.54) is 11.8 Å². The zero-order valence-corrected chi connectivity index (χ0v) is 14.2. The second-order valence-electron chi connectivity index (χ2n) is 5.89. The molecule has 2 atom stereocenters. The summed E-state index contributed by atoms with van der Waals surface area (Å²) in [6.45, 7) is 2.03. The molecule has 0 bridgehead atoms. The van der Waals surface area contributed by atoms with Crippen LogP contribution in [-0.2, 0) is 14.6 Å². The van der Waals surface area contributed by atoms with Gasteiger partial charge in [0.25, 0.3) is 0 Å². The Labute approximate surface area is 131 Å². The third kappa shape index (κ3) is 4.85. The third-order valence-electron chi connectivity index (χ3n) is 4.06. The number of benzene rings is 1. The molecule has 0 saturated heterocycles. The summed E-state index contributed by atoms with van der Waals surface area (Å²) in [5, 5.41) is -0.329. The van der Waals surface area contributed by atoms with Gasteiger partial charge in [0.1, 0.15) is 15.6 Å². The topological polar surface area (TPSA) is 51.2 Å². The zero-order chi connectivity index (χ0) is 15.5. The number of carbonyl (C=O) groups is 1. The predicted octanol–water partition coefficient (Wildman–Crippen LogP) is 3.26. The third-order valence-corrected chi connectivity index (χ3v) is 6.71. The average Bonchev–Trinajstić information content (AvgIpc) is 2.44. The normalized spacial score (nSPS) is 23.0. The van der Waals surface area contributed by atoms with Gasteiger partial charge in [-0.05, 0) is 38.3 Å². The summed E-state index contributed by atoms with van der Waals surface area (Å²) in [6.07, 6.45) is 4.16. The van der Waals surface area contributed by atoms with Crippen LogP contribution in [0.25, 0.3) is 0 Å². The van der Waals surface area contributed by atoms with Crippen molar-refractivity contribution in [3.63, 3.8) is 0 Å². The van der Waals surface area contributed by atoms with Gasteiger partial charge in [-0.2, -0.15) is 0 Å². The van der Waals surface area contributed by atoms with Crippen LogP contribution >= 0.6 is 11.8 Å². The quantitative estimate of drug-likeness (QED) is 0.779. The van der Waals surface area contributed by atoms with Crippen LogP contribution in [0.1, 0.15) is 31.2 Å². The van der Waals surface area contributed by atoms with Crippen LogP contribution in [-0.4, -0.2) is 31.5 Å².